The Kier molecular flexibility index (Phi) is 5.68. The molecule has 3 aromatic carbocycles. The van der Waals surface area contributed by atoms with E-state index in [4.69, 9.17) is 23.2 Å². The van der Waals surface area contributed by atoms with Gasteiger partial charge in [-0.1, -0.05) is 35.7 Å². The fourth-order valence-corrected chi connectivity index (χ4v) is 4.73. The summed E-state index contributed by atoms with van der Waals surface area (Å²) in [5.41, 5.74) is -0.166. The van der Waals surface area contributed by atoms with Gasteiger partial charge in [0, 0.05) is 21.5 Å². The highest BCUT2D eigenvalue weighted by Gasteiger charge is 2.31. The van der Waals surface area contributed by atoms with Gasteiger partial charge in [-0.25, -0.2) is 0 Å². The van der Waals surface area contributed by atoms with Gasteiger partial charge in [-0.3, -0.25) is 0 Å². The van der Waals surface area contributed by atoms with Gasteiger partial charge in [-0.2, -0.15) is 13.2 Å². The van der Waals surface area contributed by atoms with Crippen molar-refractivity contribution in [2.75, 3.05) is 6.54 Å². The minimum absolute atomic E-state index is 0.180. The lowest BCUT2D eigenvalue weighted by atomic mass is 9.89. The van der Waals surface area contributed by atoms with Crippen molar-refractivity contribution in [3.8, 4) is 0 Å². The summed E-state index contributed by atoms with van der Waals surface area (Å²) >= 11 is 12.5. The van der Waals surface area contributed by atoms with E-state index in [-0.39, 0.29) is 6.04 Å². The summed E-state index contributed by atoms with van der Waals surface area (Å²) in [7, 11) is 0. The Hall–Kier alpha value is -1.53. The van der Waals surface area contributed by atoms with Crippen LogP contribution in [0.4, 0.5) is 13.2 Å². The van der Waals surface area contributed by atoms with Crippen LogP contribution in [0.5, 0.6) is 0 Å². The summed E-state index contributed by atoms with van der Waals surface area (Å²) in [6.07, 6.45) is -1.61. The normalized spacial score (nSPS) is 19.0. The lowest BCUT2D eigenvalue weighted by Gasteiger charge is -2.26. The average Bonchev–Trinajstić information content (AvgIpc) is 2.67. The molecule has 3 aromatic rings. The van der Waals surface area contributed by atoms with Crippen LogP contribution in [-0.4, -0.2) is 17.7 Å². The maximum Gasteiger partial charge on any atom is 0.416 e. The van der Waals surface area contributed by atoms with Crippen molar-refractivity contribution in [3.05, 3.63) is 57.6 Å². The third-order valence-electron chi connectivity index (χ3n) is 5.62. The Morgan fingerprint density at radius 1 is 1.00 bits per heavy atom. The first kappa shape index (κ1) is 20.7. The Labute approximate surface area is 176 Å². The molecule has 0 aromatic heterocycles. The van der Waals surface area contributed by atoms with Crippen LogP contribution >= 0.6 is 23.2 Å². The van der Waals surface area contributed by atoms with Crippen LogP contribution in [0.2, 0.25) is 10.0 Å². The minimum atomic E-state index is -4.47. The molecular formula is C22H20Cl2F3NO. The molecule has 2 N–H and O–H groups in total. The molecule has 0 saturated carbocycles. The summed E-state index contributed by atoms with van der Waals surface area (Å²) in [5.74, 6) is 0. The van der Waals surface area contributed by atoms with Crippen LogP contribution in [0, 0.1) is 0 Å². The molecule has 0 bridgehead atoms. The van der Waals surface area contributed by atoms with Crippen molar-refractivity contribution in [2.24, 2.45) is 0 Å². The maximum atomic E-state index is 13.3. The third kappa shape index (κ3) is 4.19. The van der Waals surface area contributed by atoms with Crippen molar-refractivity contribution >= 4 is 44.7 Å². The highest BCUT2D eigenvalue weighted by atomic mass is 35.5. The molecule has 1 fully saturated rings. The topological polar surface area (TPSA) is 32.3 Å². The van der Waals surface area contributed by atoms with E-state index in [9.17, 15) is 18.3 Å². The second kappa shape index (κ2) is 7.95. The molecular weight excluding hydrogens is 422 g/mol. The quantitative estimate of drug-likeness (QED) is 0.433. The number of hydrogen-bond donors (Lipinski definition) is 2. The largest absolute Gasteiger partial charge is 0.416 e. The molecule has 0 spiro atoms. The van der Waals surface area contributed by atoms with E-state index in [2.05, 4.69) is 5.32 Å². The van der Waals surface area contributed by atoms with Crippen LogP contribution in [0.3, 0.4) is 0 Å². The van der Waals surface area contributed by atoms with Gasteiger partial charge < -0.3 is 10.4 Å². The number of nitrogens with one attached hydrogen (secondary N) is 1. The van der Waals surface area contributed by atoms with E-state index in [0.29, 0.717) is 43.6 Å². The zero-order valence-corrected chi connectivity index (χ0v) is 17.0. The molecule has 1 aliphatic rings. The Morgan fingerprint density at radius 2 is 1.76 bits per heavy atom. The molecule has 1 saturated heterocycles. The number of aliphatic hydroxyl groups excluding tert-OH is 1. The van der Waals surface area contributed by atoms with E-state index in [1.54, 1.807) is 18.2 Å². The molecule has 154 valence electrons. The van der Waals surface area contributed by atoms with Gasteiger partial charge >= 0.3 is 6.18 Å². The summed E-state index contributed by atoms with van der Waals surface area (Å²) < 4.78 is 40.0. The lowest BCUT2D eigenvalue weighted by Crippen LogP contribution is -2.35. The van der Waals surface area contributed by atoms with Crippen LogP contribution in [0.15, 0.2) is 36.4 Å². The first-order valence-corrected chi connectivity index (χ1v) is 10.3. The van der Waals surface area contributed by atoms with Crippen molar-refractivity contribution in [1.29, 1.82) is 0 Å². The second-order valence-corrected chi connectivity index (χ2v) is 8.45. The highest BCUT2D eigenvalue weighted by molar-refractivity contribution is 6.39. The molecule has 7 heteroatoms. The van der Waals surface area contributed by atoms with Gasteiger partial charge in [0.2, 0.25) is 0 Å². The molecule has 0 unspecified atom stereocenters. The number of aliphatic hydroxyl groups is 1. The number of benzene rings is 3. The predicted octanol–water partition coefficient (Wildman–Crippen LogP) is 6.88. The van der Waals surface area contributed by atoms with Crippen molar-refractivity contribution < 1.29 is 18.3 Å². The number of rotatable bonds is 3. The Bertz CT molecular complexity index is 1060. The van der Waals surface area contributed by atoms with E-state index < -0.39 is 17.8 Å². The summed E-state index contributed by atoms with van der Waals surface area (Å²) in [6, 6.07) is 8.72. The van der Waals surface area contributed by atoms with E-state index in [1.165, 1.54) is 6.07 Å². The molecule has 0 aliphatic carbocycles. The Balaban J connectivity index is 1.91. The van der Waals surface area contributed by atoms with Crippen LogP contribution in [0.25, 0.3) is 21.5 Å². The van der Waals surface area contributed by atoms with Gasteiger partial charge in [-0.15, -0.1) is 0 Å². The predicted molar refractivity (Wildman–Crippen MR) is 112 cm³/mol. The molecule has 0 radical (unpaired) electrons. The fourth-order valence-electron chi connectivity index (χ4n) is 4.18. The smallest absolute Gasteiger partial charge is 0.388 e. The van der Waals surface area contributed by atoms with E-state index in [0.717, 1.165) is 37.9 Å². The highest BCUT2D eigenvalue weighted by Crippen LogP contribution is 2.40. The molecule has 0 amide bonds. The van der Waals surface area contributed by atoms with Gasteiger partial charge in [0.15, 0.2) is 0 Å². The maximum absolute atomic E-state index is 13.3. The van der Waals surface area contributed by atoms with Gasteiger partial charge in [0.1, 0.15) is 0 Å². The molecule has 1 aliphatic heterocycles. The Morgan fingerprint density at radius 3 is 2.45 bits per heavy atom. The molecule has 1 heterocycles. The number of alkyl halides is 3. The van der Waals surface area contributed by atoms with Gasteiger partial charge in [0.25, 0.3) is 0 Å². The zero-order valence-electron chi connectivity index (χ0n) is 15.5. The first-order chi connectivity index (χ1) is 13.7. The third-order valence-corrected chi connectivity index (χ3v) is 6.15. The van der Waals surface area contributed by atoms with Gasteiger partial charge in [-0.05, 0) is 77.9 Å². The number of piperidine rings is 1. The van der Waals surface area contributed by atoms with Crippen molar-refractivity contribution in [2.45, 2.75) is 44.0 Å². The van der Waals surface area contributed by atoms with Crippen molar-refractivity contribution in [3.63, 3.8) is 0 Å². The molecule has 29 heavy (non-hydrogen) atoms. The van der Waals surface area contributed by atoms with Crippen molar-refractivity contribution in [1.82, 2.24) is 5.32 Å². The first-order valence-electron chi connectivity index (χ1n) is 9.58. The average molecular weight is 442 g/mol. The molecule has 2 nitrogen and oxygen atoms in total. The van der Waals surface area contributed by atoms with Crippen LogP contribution in [0.1, 0.15) is 42.9 Å². The molecule has 2 atom stereocenters. The van der Waals surface area contributed by atoms with Gasteiger partial charge in [0.05, 0.1) is 11.7 Å². The lowest BCUT2D eigenvalue weighted by molar-refractivity contribution is -0.137. The zero-order chi connectivity index (χ0) is 20.8. The monoisotopic (exact) mass is 441 g/mol. The SMILES string of the molecule is O[C@@H](C[C@@H]1CCCCN1)c1cc2c(Cl)cc(Cl)cc2c2cc(C(F)(F)F)ccc12. The number of hydrogen-bond acceptors (Lipinski definition) is 2. The summed E-state index contributed by atoms with van der Waals surface area (Å²) in [5, 5.41) is 17.1. The number of halogens is 5. The van der Waals surface area contributed by atoms with Crippen LogP contribution < -0.4 is 5.32 Å². The standard InChI is InChI=1S/C22H20Cl2F3NO/c23-13-8-17-16-7-12(22(25,26)27)4-5-15(16)19(11-18(17)20(24)9-13)21(29)10-14-3-1-2-6-28-14/h4-5,7-9,11,14,21,28-29H,1-3,6,10H2/t14-,21-/m0/s1. The number of fused-ring (bicyclic) bond motifs is 3. The van der Waals surface area contributed by atoms with E-state index in [1.807, 2.05) is 0 Å². The second-order valence-electron chi connectivity index (χ2n) is 7.60. The summed E-state index contributed by atoms with van der Waals surface area (Å²) in [4.78, 5) is 0. The minimum Gasteiger partial charge on any atom is -0.388 e. The molecule has 4 rings (SSSR count). The van der Waals surface area contributed by atoms with E-state index >= 15 is 0 Å². The summed E-state index contributed by atoms with van der Waals surface area (Å²) in [6.45, 7) is 0.912. The van der Waals surface area contributed by atoms with Crippen LogP contribution in [-0.2, 0) is 6.18 Å². The fraction of sp³-hybridized carbons (Fsp3) is 0.364.